The molecule has 0 amide bonds. The fourth-order valence-corrected chi connectivity index (χ4v) is 7.87. The Morgan fingerprint density at radius 3 is 1.33 bits per heavy atom. The highest BCUT2D eigenvalue weighted by atomic mass is 15.0. The van der Waals surface area contributed by atoms with Gasteiger partial charge in [0.2, 0.25) is 22.8 Å². The number of hydrogen-bond donors (Lipinski definition) is 0. The summed E-state index contributed by atoms with van der Waals surface area (Å²) in [4.78, 5) is 0. The normalized spacial score (nSPS) is 14.0. The summed E-state index contributed by atoms with van der Waals surface area (Å²) in [7, 11) is 0. The van der Waals surface area contributed by atoms with Gasteiger partial charge in [-0.2, -0.15) is 9.13 Å². The van der Waals surface area contributed by atoms with Gasteiger partial charge in [-0.15, -0.1) is 0 Å². The van der Waals surface area contributed by atoms with Gasteiger partial charge in [-0.1, -0.05) is 84.9 Å². The lowest BCUT2D eigenvalue weighted by molar-refractivity contribution is -0.689. The minimum absolute atomic E-state index is 1.01. The van der Waals surface area contributed by atoms with Gasteiger partial charge in [0.25, 0.3) is 0 Å². The molecule has 0 atom stereocenters. The molecule has 0 radical (unpaired) electrons. The Bertz CT molecular complexity index is 2240. The monoisotopic (exact) mass is 618 g/mol. The van der Waals surface area contributed by atoms with Crippen LogP contribution < -0.4 is 9.13 Å². The molecule has 0 saturated carbocycles. The van der Waals surface area contributed by atoms with E-state index in [1.807, 2.05) is 0 Å². The molecule has 2 heteroatoms. The highest BCUT2D eigenvalue weighted by Crippen LogP contribution is 2.39. The Labute approximate surface area is 282 Å². The van der Waals surface area contributed by atoms with E-state index in [1.165, 1.54) is 77.7 Å². The van der Waals surface area contributed by atoms with Crippen LogP contribution in [0.2, 0.25) is 0 Å². The van der Waals surface area contributed by atoms with Crippen LogP contribution in [0.3, 0.4) is 0 Å². The van der Waals surface area contributed by atoms with Crippen LogP contribution in [0.15, 0.2) is 133 Å². The summed E-state index contributed by atoms with van der Waals surface area (Å²) in [5.74, 6) is 0. The predicted octanol–water partition coefficient (Wildman–Crippen LogP) is 10.1. The van der Waals surface area contributed by atoms with E-state index in [-0.39, 0.29) is 0 Å². The zero-order valence-electron chi connectivity index (χ0n) is 27.1. The molecule has 2 nitrogen and oxygen atoms in total. The Balaban J connectivity index is 1.14. The van der Waals surface area contributed by atoms with Crippen molar-refractivity contribution in [3.63, 3.8) is 0 Å². The Morgan fingerprint density at radius 2 is 0.854 bits per heavy atom. The smallest absolute Gasteiger partial charge is 0.192 e. The topological polar surface area (TPSA) is 7.76 Å². The van der Waals surface area contributed by atoms with Crippen LogP contribution in [0.1, 0.15) is 46.5 Å². The third-order valence-corrected chi connectivity index (χ3v) is 10.2. The largest absolute Gasteiger partial charge is 0.214 e. The van der Waals surface area contributed by atoms with Crippen LogP contribution >= 0.6 is 0 Å². The molecule has 0 unspecified atom stereocenters. The number of rotatable bonds is 4. The van der Waals surface area contributed by atoms with E-state index in [0.717, 1.165) is 38.8 Å². The third-order valence-electron chi connectivity index (χ3n) is 10.2. The van der Waals surface area contributed by atoms with Crippen LogP contribution in [-0.4, -0.2) is 0 Å². The number of benzene rings is 5. The Kier molecular flexibility index (Phi) is 7.28. The fraction of sp³-hybridized carbons (Fsp3) is 0.130. The molecule has 0 saturated heterocycles. The van der Waals surface area contributed by atoms with Crippen molar-refractivity contribution in [2.45, 2.75) is 38.8 Å². The maximum atomic E-state index is 2.56. The lowest BCUT2D eigenvalue weighted by Crippen LogP contribution is -2.40. The number of aromatic nitrogens is 2. The SMILES string of the molecule is C(=Cc1cccc2[n+]1CCCc1ccc3c(c1-2)-c1cccc(C=Cc2ccc4ccccc4c2)[n+]1CCC3)c1ccc2ccccc2c1. The summed E-state index contributed by atoms with van der Waals surface area (Å²) in [6.07, 6.45) is 13.6. The summed E-state index contributed by atoms with van der Waals surface area (Å²) in [5.41, 5.74) is 13.3. The molecule has 230 valence electrons. The number of nitrogens with zero attached hydrogens (tertiary/aromatic N) is 2. The zero-order chi connectivity index (χ0) is 31.9. The number of fused-ring (bicyclic) bond motifs is 9. The van der Waals surface area contributed by atoms with Crippen molar-refractivity contribution in [3.05, 3.63) is 167 Å². The molecule has 9 rings (SSSR count). The first-order valence-corrected chi connectivity index (χ1v) is 17.3. The number of hydrogen-bond acceptors (Lipinski definition) is 0. The van der Waals surface area contributed by atoms with E-state index in [9.17, 15) is 0 Å². The Morgan fingerprint density at radius 1 is 0.396 bits per heavy atom. The molecule has 5 aromatic carbocycles. The van der Waals surface area contributed by atoms with Crippen molar-refractivity contribution in [2.24, 2.45) is 0 Å². The quantitative estimate of drug-likeness (QED) is 0.174. The predicted molar refractivity (Wildman–Crippen MR) is 200 cm³/mol. The first kappa shape index (κ1) is 28.6. The van der Waals surface area contributed by atoms with Gasteiger partial charge >= 0.3 is 0 Å². The standard InChI is InChI=1S/C46H38N2/c1-3-11-39-31-33(19-23-35(39)9-1)21-27-41-15-5-17-43-45-37(13-7-29-47(41)43)25-26-38-14-8-30-48-42(16-6-18-44(48)46(38)45)28-22-34-20-24-36-10-2-4-12-40(36)32-34/h1-6,9-12,15-28,31-32H,7-8,13-14,29-30H2/q+2. The summed E-state index contributed by atoms with van der Waals surface area (Å²) in [6.45, 7) is 2.01. The molecule has 0 fully saturated rings. The molecular formula is C46H38N2+2. The van der Waals surface area contributed by atoms with Crippen LogP contribution in [0.5, 0.6) is 0 Å². The molecule has 2 aliphatic heterocycles. The van der Waals surface area contributed by atoms with Gasteiger partial charge in [-0.05, 0) is 93.1 Å². The minimum atomic E-state index is 1.01. The van der Waals surface area contributed by atoms with Crippen LogP contribution in [0, 0.1) is 0 Å². The van der Waals surface area contributed by atoms with E-state index in [0.29, 0.717) is 0 Å². The number of pyridine rings is 2. The average Bonchev–Trinajstić information content (AvgIpc) is 3.45. The molecule has 2 aliphatic rings. The molecule has 2 aromatic heterocycles. The first-order valence-electron chi connectivity index (χ1n) is 17.3. The van der Waals surface area contributed by atoms with E-state index in [1.54, 1.807) is 0 Å². The van der Waals surface area contributed by atoms with Gasteiger partial charge in [0.05, 0.1) is 11.1 Å². The van der Waals surface area contributed by atoms with Crippen LogP contribution in [0.4, 0.5) is 0 Å². The average molecular weight is 619 g/mol. The van der Waals surface area contributed by atoms with Crippen molar-refractivity contribution >= 4 is 45.8 Å². The summed E-state index contributed by atoms with van der Waals surface area (Å²) in [6, 6.07) is 49.2. The van der Waals surface area contributed by atoms with Gasteiger partial charge in [0.15, 0.2) is 0 Å². The van der Waals surface area contributed by atoms with Crippen molar-refractivity contribution in [2.75, 3.05) is 0 Å². The first-order chi connectivity index (χ1) is 23.8. The van der Waals surface area contributed by atoms with Gasteiger partial charge in [-0.25, -0.2) is 0 Å². The molecule has 0 spiro atoms. The summed E-state index contributed by atoms with van der Waals surface area (Å²) < 4.78 is 5.12. The van der Waals surface area contributed by atoms with E-state index >= 15 is 0 Å². The minimum Gasteiger partial charge on any atom is -0.192 e. The van der Waals surface area contributed by atoms with Gasteiger partial charge in [0, 0.05) is 49.3 Å². The molecule has 0 N–H and O–H groups in total. The van der Waals surface area contributed by atoms with Gasteiger partial charge in [0.1, 0.15) is 13.1 Å². The fourth-order valence-electron chi connectivity index (χ4n) is 7.87. The van der Waals surface area contributed by atoms with Gasteiger partial charge < -0.3 is 0 Å². The molecular weight excluding hydrogens is 581 g/mol. The van der Waals surface area contributed by atoms with E-state index < -0.39 is 0 Å². The van der Waals surface area contributed by atoms with Gasteiger partial charge in [-0.3, -0.25) is 0 Å². The van der Waals surface area contributed by atoms with E-state index in [2.05, 4.69) is 167 Å². The maximum Gasteiger partial charge on any atom is 0.214 e. The second-order valence-electron chi connectivity index (χ2n) is 13.2. The second-order valence-corrected chi connectivity index (χ2v) is 13.2. The second kappa shape index (κ2) is 12.2. The lowest BCUT2D eigenvalue weighted by Gasteiger charge is -2.14. The molecule has 0 bridgehead atoms. The third kappa shape index (κ3) is 5.24. The molecule has 7 aromatic rings. The Hall–Kier alpha value is -5.60. The van der Waals surface area contributed by atoms with Crippen molar-refractivity contribution in [1.29, 1.82) is 0 Å². The highest BCUT2D eigenvalue weighted by molar-refractivity contribution is 5.88. The molecule has 48 heavy (non-hydrogen) atoms. The van der Waals surface area contributed by atoms with E-state index in [4.69, 9.17) is 0 Å². The lowest BCUT2D eigenvalue weighted by atomic mass is 9.88. The maximum absolute atomic E-state index is 2.56. The van der Waals surface area contributed by atoms with Crippen molar-refractivity contribution in [1.82, 2.24) is 0 Å². The van der Waals surface area contributed by atoms with Crippen molar-refractivity contribution in [3.8, 4) is 22.5 Å². The summed E-state index contributed by atoms with van der Waals surface area (Å²) in [5, 5.41) is 5.11. The number of aryl methyl sites for hydroxylation is 2. The zero-order valence-corrected chi connectivity index (χ0v) is 27.1. The molecule has 4 heterocycles. The highest BCUT2D eigenvalue weighted by Gasteiger charge is 2.32. The summed E-state index contributed by atoms with van der Waals surface area (Å²) >= 11 is 0. The van der Waals surface area contributed by atoms with Crippen LogP contribution in [-0.2, 0) is 25.9 Å². The molecule has 0 aliphatic carbocycles. The van der Waals surface area contributed by atoms with Crippen LogP contribution in [0.25, 0.3) is 68.4 Å². The van der Waals surface area contributed by atoms with Crippen molar-refractivity contribution < 1.29 is 9.13 Å².